The normalized spacial score (nSPS) is 27.8. The molecular weight excluding hydrogens is 108 g/mol. The zero-order valence-corrected chi connectivity index (χ0v) is 6.19. The van der Waals surface area contributed by atoms with Gasteiger partial charge in [-0.05, 0) is 38.5 Å². The number of rotatable bonds is 1. The molecule has 0 aliphatic heterocycles. The molecule has 0 aromatic heterocycles. The van der Waals surface area contributed by atoms with Crippen LogP contribution in [0.2, 0.25) is 0 Å². The first-order chi connectivity index (χ1) is 4.33. The molecule has 0 saturated carbocycles. The van der Waals surface area contributed by atoms with Crippen LogP contribution >= 0.6 is 0 Å². The van der Waals surface area contributed by atoms with Gasteiger partial charge in [0.25, 0.3) is 0 Å². The van der Waals surface area contributed by atoms with Crippen LogP contribution in [-0.4, -0.2) is 0 Å². The minimum atomic E-state index is 0.917. The largest absolute Gasteiger partial charge is 0.0851 e. The van der Waals surface area contributed by atoms with Gasteiger partial charge in [-0.25, -0.2) is 0 Å². The Morgan fingerprint density at radius 3 is 3.00 bits per heavy atom. The predicted molar refractivity (Wildman–Crippen MR) is 41.1 cm³/mol. The van der Waals surface area contributed by atoms with Crippen molar-refractivity contribution in [3.05, 3.63) is 18.6 Å². The van der Waals surface area contributed by atoms with E-state index < -0.39 is 0 Å². The van der Waals surface area contributed by atoms with Gasteiger partial charge in [0.05, 0.1) is 0 Å². The summed E-state index contributed by atoms with van der Waals surface area (Å²) < 4.78 is 0. The van der Waals surface area contributed by atoms with Gasteiger partial charge in [0, 0.05) is 0 Å². The van der Waals surface area contributed by atoms with E-state index in [1.165, 1.54) is 19.3 Å². The molecule has 51 valence electrons. The molecule has 0 nitrogen and oxygen atoms in total. The van der Waals surface area contributed by atoms with Crippen molar-refractivity contribution in [1.29, 1.82) is 0 Å². The molecule has 1 aliphatic carbocycles. The summed E-state index contributed by atoms with van der Waals surface area (Å²) in [7, 11) is 0. The van der Waals surface area contributed by atoms with Crippen LogP contribution in [-0.2, 0) is 0 Å². The summed E-state index contributed by atoms with van der Waals surface area (Å²) in [4.78, 5) is 0. The van der Waals surface area contributed by atoms with Crippen molar-refractivity contribution in [2.24, 2.45) is 5.92 Å². The van der Waals surface area contributed by atoms with E-state index in [4.69, 9.17) is 0 Å². The van der Waals surface area contributed by atoms with E-state index in [9.17, 15) is 0 Å². The lowest BCUT2D eigenvalue weighted by atomic mass is 9.90. The summed E-state index contributed by atoms with van der Waals surface area (Å²) in [5.41, 5.74) is 1.56. The molecule has 0 amide bonds. The fraction of sp³-hybridized carbons (Fsp3) is 0.667. The highest BCUT2D eigenvalue weighted by Crippen LogP contribution is 2.23. The number of allylic oxidation sites excluding steroid dienone is 2. The third kappa shape index (κ3) is 1.85. The first kappa shape index (κ1) is 6.85. The van der Waals surface area contributed by atoms with Gasteiger partial charge in [-0.1, -0.05) is 18.6 Å². The van der Waals surface area contributed by atoms with Crippen molar-refractivity contribution >= 4 is 0 Å². The molecule has 1 aliphatic rings. The SMILES string of the molecule is [CH2]CC1=CC[C@H](C)CC1. The van der Waals surface area contributed by atoms with Gasteiger partial charge in [0.15, 0.2) is 0 Å². The predicted octanol–water partition coefficient (Wildman–Crippen LogP) is 2.96. The van der Waals surface area contributed by atoms with E-state index in [0.29, 0.717) is 0 Å². The lowest BCUT2D eigenvalue weighted by Gasteiger charge is -2.16. The Hall–Kier alpha value is -0.260. The average molecular weight is 123 g/mol. The monoisotopic (exact) mass is 123 g/mol. The third-order valence-electron chi connectivity index (χ3n) is 2.09. The molecule has 0 spiro atoms. The average Bonchev–Trinajstić information content (AvgIpc) is 1.90. The Morgan fingerprint density at radius 2 is 2.56 bits per heavy atom. The molecule has 0 N–H and O–H groups in total. The van der Waals surface area contributed by atoms with Gasteiger partial charge in [-0.2, -0.15) is 0 Å². The summed E-state index contributed by atoms with van der Waals surface area (Å²) in [5.74, 6) is 0.917. The van der Waals surface area contributed by atoms with E-state index in [1.807, 2.05) is 0 Å². The molecule has 0 aromatic carbocycles. The highest BCUT2D eigenvalue weighted by molar-refractivity contribution is 5.06. The third-order valence-corrected chi connectivity index (χ3v) is 2.09. The van der Waals surface area contributed by atoms with Gasteiger partial charge in [-0.3, -0.25) is 0 Å². The molecule has 0 fully saturated rings. The lowest BCUT2D eigenvalue weighted by Crippen LogP contribution is -2.00. The van der Waals surface area contributed by atoms with Crippen molar-refractivity contribution in [1.82, 2.24) is 0 Å². The Labute approximate surface area is 58.0 Å². The second kappa shape index (κ2) is 3.05. The van der Waals surface area contributed by atoms with E-state index in [-0.39, 0.29) is 0 Å². The fourth-order valence-electron chi connectivity index (χ4n) is 1.25. The molecular formula is C9H15. The zero-order valence-electron chi connectivity index (χ0n) is 6.19. The van der Waals surface area contributed by atoms with Gasteiger partial charge >= 0.3 is 0 Å². The smallest absolute Gasteiger partial charge is 0.0318 e. The second-order valence-electron chi connectivity index (χ2n) is 2.99. The lowest BCUT2D eigenvalue weighted by molar-refractivity contribution is 0.510. The van der Waals surface area contributed by atoms with E-state index in [0.717, 1.165) is 12.3 Å². The summed E-state index contributed by atoms with van der Waals surface area (Å²) in [6, 6.07) is 0. The second-order valence-corrected chi connectivity index (χ2v) is 2.99. The van der Waals surface area contributed by atoms with Gasteiger partial charge in [0.1, 0.15) is 0 Å². The summed E-state index contributed by atoms with van der Waals surface area (Å²) in [6.45, 7) is 6.18. The van der Waals surface area contributed by atoms with Crippen molar-refractivity contribution < 1.29 is 0 Å². The molecule has 0 heterocycles. The maximum atomic E-state index is 3.87. The standard InChI is InChI=1S/C9H15/c1-3-9-6-4-8(2)5-7-9/h6,8H,1,3-5,7H2,2H3/t8-/m0/s1. The molecule has 0 unspecified atom stereocenters. The molecule has 0 bridgehead atoms. The minimum absolute atomic E-state index is 0.917. The van der Waals surface area contributed by atoms with Gasteiger partial charge in [0.2, 0.25) is 0 Å². The summed E-state index contributed by atoms with van der Waals surface area (Å²) in [6.07, 6.45) is 7.34. The van der Waals surface area contributed by atoms with E-state index in [2.05, 4.69) is 19.9 Å². The molecule has 1 atom stereocenters. The van der Waals surface area contributed by atoms with Crippen LogP contribution in [0.3, 0.4) is 0 Å². The molecule has 0 heteroatoms. The first-order valence-corrected chi connectivity index (χ1v) is 3.80. The number of hydrogen-bond acceptors (Lipinski definition) is 0. The van der Waals surface area contributed by atoms with Crippen LogP contribution in [0.15, 0.2) is 11.6 Å². The maximum Gasteiger partial charge on any atom is -0.0318 e. The molecule has 0 saturated heterocycles. The zero-order chi connectivity index (χ0) is 6.69. The van der Waals surface area contributed by atoms with Crippen LogP contribution in [0.4, 0.5) is 0 Å². The first-order valence-electron chi connectivity index (χ1n) is 3.80. The van der Waals surface area contributed by atoms with Crippen molar-refractivity contribution in [2.45, 2.75) is 32.6 Å². The molecule has 9 heavy (non-hydrogen) atoms. The Kier molecular flexibility index (Phi) is 2.32. The Bertz CT molecular complexity index is 111. The summed E-state index contributed by atoms with van der Waals surface area (Å²) >= 11 is 0. The minimum Gasteiger partial charge on any atom is -0.0851 e. The highest BCUT2D eigenvalue weighted by Gasteiger charge is 2.07. The Morgan fingerprint density at radius 1 is 1.78 bits per heavy atom. The van der Waals surface area contributed by atoms with Gasteiger partial charge in [-0.15, -0.1) is 0 Å². The quantitative estimate of drug-likeness (QED) is 0.470. The van der Waals surface area contributed by atoms with Crippen molar-refractivity contribution in [2.75, 3.05) is 0 Å². The maximum absolute atomic E-state index is 3.87. The van der Waals surface area contributed by atoms with E-state index in [1.54, 1.807) is 5.57 Å². The van der Waals surface area contributed by atoms with E-state index >= 15 is 0 Å². The van der Waals surface area contributed by atoms with Crippen LogP contribution in [0, 0.1) is 12.8 Å². The van der Waals surface area contributed by atoms with Crippen LogP contribution in [0.5, 0.6) is 0 Å². The summed E-state index contributed by atoms with van der Waals surface area (Å²) in [5, 5.41) is 0. The van der Waals surface area contributed by atoms with Crippen LogP contribution in [0.1, 0.15) is 32.6 Å². The van der Waals surface area contributed by atoms with Crippen molar-refractivity contribution in [3.8, 4) is 0 Å². The fourth-order valence-corrected chi connectivity index (χ4v) is 1.25. The highest BCUT2D eigenvalue weighted by atomic mass is 14.1. The Balaban J connectivity index is 2.40. The number of hydrogen-bond donors (Lipinski definition) is 0. The van der Waals surface area contributed by atoms with Gasteiger partial charge < -0.3 is 0 Å². The van der Waals surface area contributed by atoms with Crippen LogP contribution in [0.25, 0.3) is 0 Å². The molecule has 1 radical (unpaired) electrons. The van der Waals surface area contributed by atoms with Crippen LogP contribution < -0.4 is 0 Å². The topological polar surface area (TPSA) is 0 Å². The van der Waals surface area contributed by atoms with Crippen molar-refractivity contribution in [3.63, 3.8) is 0 Å². The molecule has 1 rings (SSSR count). The molecule has 0 aromatic rings.